The Kier molecular flexibility index (Phi) is 10.2. The molecule has 0 saturated heterocycles. The van der Waals surface area contributed by atoms with Crippen molar-refractivity contribution in [3.63, 3.8) is 0 Å². The maximum absolute atomic E-state index is 13.9. The van der Waals surface area contributed by atoms with E-state index in [0.29, 0.717) is 12.0 Å². The summed E-state index contributed by atoms with van der Waals surface area (Å²) in [5.74, 6) is -2.03. The molecule has 0 bridgehead atoms. The predicted molar refractivity (Wildman–Crippen MR) is 146 cm³/mol. The van der Waals surface area contributed by atoms with Crippen molar-refractivity contribution < 1.29 is 26.8 Å². The van der Waals surface area contributed by atoms with E-state index < -0.39 is 40.2 Å². The van der Waals surface area contributed by atoms with Crippen LogP contribution in [0.2, 0.25) is 0 Å². The van der Waals surface area contributed by atoms with Crippen molar-refractivity contribution in [3.05, 3.63) is 96.1 Å². The summed E-state index contributed by atoms with van der Waals surface area (Å²) in [5.41, 5.74) is 0.807. The van der Waals surface area contributed by atoms with E-state index in [0.717, 1.165) is 28.6 Å². The molecular formula is C29H33F2N3O4S. The summed E-state index contributed by atoms with van der Waals surface area (Å²) in [6.45, 7) is 4.88. The number of sulfonamides is 1. The smallest absolute Gasteiger partial charge is 0.264 e. The molecule has 0 heterocycles. The standard InChI is InChI=1S/C29H33F2N3O4S/c1-4-21(3)32-29(36)27(5-2)33(19-22-11-13-23(30)14-12-22)28(35)20-34(25-9-7-6-8-10-25)39(37,38)26-17-15-24(31)16-18-26/h6-18,21,27H,4-5,19-20H2,1-3H3,(H,32,36)/t21-,27-/m1/s1. The first-order valence-electron chi connectivity index (χ1n) is 12.7. The number of benzene rings is 3. The van der Waals surface area contributed by atoms with E-state index >= 15 is 0 Å². The zero-order valence-electron chi connectivity index (χ0n) is 22.2. The zero-order valence-corrected chi connectivity index (χ0v) is 23.0. The lowest BCUT2D eigenvalue weighted by Crippen LogP contribution is -2.53. The quantitative estimate of drug-likeness (QED) is 0.344. The fraction of sp³-hybridized carbons (Fsp3) is 0.310. The van der Waals surface area contributed by atoms with Crippen molar-refractivity contribution in [3.8, 4) is 0 Å². The van der Waals surface area contributed by atoms with Gasteiger partial charge in [-0.2, -0.15) is 0 Å². The molecular weight excluding hydrogens is 524 g/mol. The van der Waals surface area contributed by atoms with Crippen LogP contribution in [0.25, 0.3) is 0 Å². The highest BCUT2D eigenvalue weighted by Crippen LogP contribution is 2.25. The Bertz CT molecular complexity index is 1350. The number of rotatable bonds is 12. The van der Waals surface area contributed by atoms with Crippen LogP contribution in [0.5, 0.6) is 0 Å². The fourth-order valence-corrected chi connectivity index (χ4v) is 5.42. The number of amides is 2. The van der Waals surface area contributed by atoms with Crippen LogP contribution in [-0.2, 0) is 26.2 Å². The Hall–Kier alpha value is -3.79. The number of nitrogens with zero attached hydrogens (tertiary/aromatic N) is 2. The van der Waals surface area contributed by atoms with E-state index in [1.807, 2.05) is 13.8 Å². The van der Waals surface area contributed by atoms with Crippen LogP contribution >= 0.6 is 0 Å². The van der Waals surface area contributed by atoms with Gasteiger partial charge in [0.15, 0.2) is 0 Å². The molecule has 39 heavy (non-hydrogen) atoms. The first-order chi connectivity index (χ1) is 18.6. The molecule has 7 nitrogen and oxygen atoms in total. The second-order valence-corrected chi connectivity index (χ2v) is 11.1. The van der Waals surface area contributed by atoms with Gasteiger partial charge in [-0.15, -0.1) is 0 Å². The van der Waals surface area contributed by atoms with Gasteiger partial charge in [0, 0.05) is 12.6 Å². The van der Waals surface area contributed by atoms with E-state index in [2.05, 4.69) is 5.32 Å². The molecule has 208 valence electrons. The molecule has 3 aromatic carbocycles. The van der Waals surface area contributed by atoms with Crippen molar-refractivity contribution in [2.24, 2.45) is 0 Å². The molecule has 0 unspecified atom stereocenters. The normalized spacial score (nSPS) is 12.8. The van der Waals surface area contributed by atoms with Crippen LogP contribution in [0, 0.1) is 11.6 Å². The van der Waals surface area contributed by atoms with Crippen molar-refractivity contribution in [1.29, 1.82) is 0 Å². The monoisotopic (exact) mass is 557 g/mol. The lowest BCUT2D eigenvalue weighted by molar-refractivity contribution is -0.140. The molecule has 0 aromatic heterocycles. The molecule has 0 aliphatic carbocycles. The number of carbonyl (C=O) groups is 2. The summed E-state index contributed by atoms with van der Waals surface area (Å²) in [6.07, 6.45) is 0.955. The third-order valence-electron chi connectivity index (χ3n) is 6.38. The fourth-order valence-electron chi connectivity index (χ4n) is 4.00. The Labute approximate surface area is 228 Å². The van der Waals surface area contributed by atoms with Crippen molar-refractivity contribution in [1.82, 2.24) is 10.2 Å². The zero-order chi connectivity index (χ0) is 28.6. The Morgan fingerprint density at radius 2 is 1.41 bits per heavy atom. The van der Waals surface area contributed by atoms with Gasteiger partial charge in [-0.25, -0.2) is 17.2 Å². The number of carbonyl (C=O) groups excluding carboxylic acids is 2. The average Bonchev–Trinajstić information content (AvgIpc) is 2.93. The van der Waals surface area contributed by atoms with Crippen LogP contribution in [0.1, 0.15) is 39.2 Å². The van der Waals surface area contributed by atoms with Gasteiger partial charge in [0.2, 0.25) is 11.8 Å². The number of halogens is 2. The third-order valence-corrected chi connectivity index (χ3v) is 8.17. The summed E-state index contributed by atoms with van der Waals surface area (Å²) in [6, 6.07) is 16.9. The molecule has 0 radical (unpaired) electrons. The van der Waals surface area contributed by atoms with Crippen LogP contribution in [0.15, 0.2) is 83.8 Å². The van der Waals surface area contributed by atoms with Gasteiger partial charge >= 0.3 is 0 Å². The van der Waals surface area contributed by atoms with Crippen molar-refractivity contribution >= 4 is 27.5 Å². The second-order valence-electron chi connectivity index (χ2n) is 9.19. The summed E-state index contributed by atoms with van der Waals surface area (Å²) in [7, 11) is -4.28. The van der Waals surface area contributed by atoms with Crippen LogP contribution in [0.4, 0.5) is 14.5 Å². The molecule has 3 aromatic rings. The topological polar surface area (TPSA) is 86.8 Å². The molecule has 0 aliphatic heterocycles. The van der Waals surface area contributed by atoms with Gasteiger partial charge in [-0.05, 0) is 73.9 Å². The molecule has 0 saturated carbocycles. The minimum Gasteiger partial charge on any atom is -0.352 e. The minimum atomic E-state index is -4.28. The molecule has 2 atom stereocenters. The summed E-state index contributed by atoms with van der Waals surface area (Å²) >= 11 is 0. The van der Waals surface area contributed by atoms with Gasteiger partial charge < -0.3 is 10.2 Å². The van der Waals surface area contributed by atoms with Gasteiger partial charge in [-0.1, -0.05) is 44.2 Å². The van der Waals surface area contributed by atoms with Gasteiger partial charge in [-0.3, -0.25) is 13.9 Å². The Morgan fingerprint density at radius 1 is 0.846 bits per heavy atom. The first-order valence-corrected chi connectivity index (χ1v) is 14.2. The van der Waals surface area contributed by atoms with E-state index in [-0.39, 0.29) is 35.5 Å². The highest BCUT2D eigenvalue weighted by molar-refractivity contribution is 7.92. The van der Waals surface area contributed by atoms with Crippen LogP contribution in [-0.4, -0.2) is 43.8 Å². The number of anilines is 1. The van der Waals surface area contributed by atoms with E-state index in [1.165, 1.54) is 29.2 Å². The minimum absolute atomic E-state index is 0.0369. The lowest BCUT2D eigenvalue weighted by Gasteiger charge is -2.33. The average molecular weight is 558 g/mol. The second kappa shape index (κ2) is 13.3. The van der Waals surface area contributed by atoms with E-state index in [9.17, 15) is 26.8 Å². The van der Waals surface area contributed by atoms with Crippen molar-refractivity contribution in [2.45, 2.75) is 57.1 Å². The van der Waals surface area contributed by atoms with Gasteiger partial charge in [0.25, 0.3) is 10.0 Å². The lowest BCUT2D eigenvalue weighted by atomic mass is 10.1. The van der Waals surface area contributed by atoms with E-state index in [1.54, 1.807) is 37.3 Å². The van der Waals surface area contributed by atoms with Gasteiger partial charge in [0.1, 0.15) is 24.2 Å². The SMILES string of the molecule is CC[C@@H](C)NC(=O)[C@@H](CC)N(Cc1ccc(F)cc1)C(=O)CN(c1ccccc1)S(=O)(=O)c1ccc(F)cc1. The molecule has 1 N–H and O–H groups in total. The Morgan fingerprint density at radius 3 is 1.95 bits per heavy atom. The summed E-state index contributed by atoms with van der Waals surface area (Å²) in [5, 5.41) is 2.90. The summed E-state index contributed by atoms with van der Waals surface area (Å²) < 4.78 is 55.4. The highest BCUT2D eigenvalue weighted by Gasteiger charge is 2.34. The maximum atomic E-state index is 13.9. The Balaban J connectivity index is 2.02. The molecule has 2 amide bonds. The number of hydrogen-bond donors (Lipinski definition) is 1. The largest absolute Gasteiger partial charge is 0.352 e. The molecule has 0 fully saturated rings. The number of nitrogens with one attached hydrogen (secondary N) is 1. The molecule has 0 aliphatic rings. The molecule has 0 spiro atoms. The summed E-state index contributed by atoms with van der Waals surface area (Å²) in [4.78, 5) is 28.2. The number of hydrogen-bond acceptors (Lipinski definition) is 4. The highest BCUT2D eigenvalue weighted by atomic mass is 32.2. The van der Waals surface area contributed by atoms with Crippen molar-refractivity contribution in [2.75, 3.05) is 10.8 Å². The first kappa shape index (κ1) is 29.8. The van der Waals surface area contributed by atoms with E-state index in [4.69, 9.17) is 0 Å². The predicted octanol–water partition coefficient (Wildman–Crippen LogP) is 4.88. The maximum Gasteiger partial charge on any atom is 0.264 e. The molecule has 3 rings (SSSR count). The van der Waals surface area contributed by atoms with Gasteiger partial charge in [0.05, 0.1) is 10.6 Å². The third kappa shape index (κ3) is 7.63. The van der Waals surface area contributed by atoms with Crippen LogP contribution < -0.4 is 9.62 Å². The van der Waals surface area contributed by atoms with Crippen LogP contribution in [0.3, 0.4) is 0 Å². The molecule has 10 heteroatoms. The number of para-hydroxylation sites is 1.